The van der Waals surface area contributed by atoms with Gasteiger partial charge in [-0.15, -0.1) is 0 Å². The lowest BCUT2D eigenvalue weighted by molar-refractivity contribution is 0.0915. The van der Waals surface area contributed by atoms with Gasteiger partial charge in [0.15, 0.2) is 5.76 Å². The Kier molecular flexibility index (Phi) is 5.96. The van der Waals surface area contributed by atoms with Crippen molar-refractivity contribution in [2.24, 2.45) is 5.92 Å². The summed E-state index contributed by atoms with van der Waals surface area (Å²) in [7, 11) is 0. The lowest BCUT2D eigenvalue weighted by atomic mass is 10.1. The molecule has 0 saturated carbocycles. The second-order valence-corrected chi connectivity index (χ2v) is 6.80. The molecule has 142 valence electrons. The average Bonchev–Trinajstić information content (AvgIpc) is 3.25. The van der Waals surface area contributed by atoms with Crippen LogP contribution in [-0.2, 0) is 13.2 Å². The first-order valence-electron chi connectivity index (χ1n) is 9.06. The Morgan fingerprint density at radius 1 is 1.26 bits per heavy atom. The fourth-order valence-electron chi connectivity index (χ4n) is 2.89. The quantitative estimate of drug-likeness (QED) is 0.658. The zero-order valence-electron chi connectivity index (χ0n) is 15.9. The lowest BCUT2D eigenvalue weighted by Gasteiger charge is -2.14. The van der Waals surface area contributed by atoms with Gasteiger partial charge in [0.1, 0.15) is 12.4 Å². The van der Waals surface area contributed by atoms with Gasteiger partial charge >= 0.3 is 0 Å². The van der Waals surface area contributed by atoms with Crippen LogP contribution in [-0.4, -0.2) is 22.2 Å². The van der Waals surface area contributed by atoms with Crippen molar-refractivity contribution in [1.29, 1.82) is 0 Å². The number of ether oxygens (including phenoxy) is 1. The standard InChI is InChI=1S/C21H25N3O3/c1-15(13-24-17(3)11-16(2)23-24)12-22-21(25)20-18(9-10-26-20)14-27-19-7-5-4-6-8-19/h4-11,15H,12-14H2,1-3H3,(H,22,25)/t15-/m1/s1. The highest BCUT2D eigenvalue weighted by Crippen LogP contribution is 2.16. The van der Waals surface area contributed by atoms with Crippen LogP contribution in [0.4, 0.5) is 0 Å². The molecule has 0 unspecified atom stereocenters. The summed E-state index contributed by atoms with van der Waals surface area (Å²) in [5.41, 5.74) is 2.85. The molecular weight excluding hydrogens is 342 g/mol. The van der Waals surface area contributed by atoms with Gasteiger partial charge < -0.3 is 14.5 Å². The Morgan fingerprint density at radius 2 is 2.04 bits per heavy atom. The molecule has 0 aliphatic carbocycles. The van der Waals surface area contributed by atoms with Gasteiger partial charge in [0.2, 0.25) is 0 Å². The van der Waals surface area contributed by atoms with E-state index in [1.54, 1.807) is 6.07 Å². The molecule has 0 fully saturated rings. The number of hydrogen-bond acceptors (Lipinski definition) is 4. The Hall–Kier alpha value is -3.02. The first-order valence-corrected chi connectivity index (χ1v) is 9.06. The second-order valence-electron chi connectivity index (χ2n) is 6.80. The number of carbonyl (C=O) groups excluding carboxylic acids is 1. The van der Waals surface area contributed by atoms with Gasteiger partial charge in [-0.3, -0.25) is 9.48 Å². The van der Waals surface area contributed by atoms with Crippen LogP contribution in [0.1, 0.15) is 34.4 Å². The number of furan rings is 1. The maximum absolute atomic E-state index is 12.5. The molecule has 0 spiro atoms. The third-order valence-electron chi connectivity index (χ3n) is 4.29. The summed E-state index contributed by atoms with van der Waals surface area (Å²) in [6.07, 6.45) is 1.51. The molecule has 0 aliphatic heterocycles. The zero-order valence-corrected chi connectivity index (χ0v) is 15.9. The van der Waals surface area contributed by atoms with Crippen molar-refractivity contribution in [1.82, 2.24) is 15.1 Å². The fourth-order valence-corrected chi connectivity index (χ4v) is 2.89. The number of nitrogens with one attached hydrogen (secondary N) is 1. The summed E-state index contributed by atoms with van der Waals surface area (Å²) >= 11 is 0. The Balaban J connectivity index is 1.52. The van der Waals surface area contributed by atoms with Gasteiger partial charge in [0.25, 0.3) is 5.91 Å². The predicted octanol–water partition coefficient (Wildman–Crippen LogP) is 3.74. The minimum Gasteiger partial charge on any atom is -0.489 e. The third kappa shape index (κ3) is 5.00. The van der Waals surface area contributed by atoms with E-state index in [4.69, 9.17) is 9.15 Å². The van der Waals surface area contributed by atoms with Gasteiger partial charge in [-0.25, -0.2) is 0 Å². The normalized spacial score (nSPS) is 12.0. The van der Waals surface area contributed by atoms with Crippen LogP contribution in [0.5, 0.6) is 5.75 Å². The monoisotopic (exact) mass is 367 g/mol. The van der Waals surface area contributed by atoms with Gasteiger partial charge in [-0.1, -0.05) is 25.1 Å². The van der Waals surface area contributed by atoms with Gasteiger partial charge in [0, 0.05) is 24.3 Å². The molecule has 6 nitrogen and oxygen atoms in total. The van der Waals surface area contributed by atoms with Gasteiger partial charge in [0.05, 0.1) is 12.0 Å². The lowest BCUT2D eigenvalue weighted by Crippen LogP contribution is -2.30. The Labute approximate surface area is 159 Å². The van der Waals surface area contributed by atoms with Crippen molar-refractivity contribution >= 4 is 5.91 Å². The van der Waals surface area contributed by atoms with Crippen molar-refractivity contribution in [3.05, 3.63) is 71.4 Å². The SMILES string of the molecule is Cc1cc(C)n(C[C@H](C)CNC(=O)c2occc2COc2ccccc2)n1. The van der Waals surface area contributed by atoms with E-state index in [2.05, 4.69) is 17.3 Å². The number of aromatic nitrogens is 2. The number of amides is 1. The minimum atomic E-state index is -0.230. The highest BCUT2D eigenvalue weighted by Gasteiger charge is 2.17. The van der Waals surface area contributed by atoms with Crippen molar-refractivity contribution in [2.45, 2.75) is 33.9 Å². The molecule has 1 amide bonds. The van der Waals surface area contributed by atoms with Crippen LogP contribution in [0.15, 0.2) is 53.1 Å². The first kappa shape index (κ1) is 18.8. The number of nitrogens with zero attached hydrogens (tertiary/aromatic N) is 2. The maximum atomic E-state index is 12.5. The molecular formula is C21H25N3O3. The minimum absolute atomic E-state index is 0.230. The van der Waals surface area contributed by atoms with Crippen LogP contribution in [0.3, 0.4) is 0 Å². The molecule has 1 N–H and O–H groups in total. The van der Waals surface area contributed by atoms with E-state index < -0.39 is 0 Å². The summed E-state index contributed by atoms with van der Waals surface area (Å²) in [4.78, 5) is 12.5. The average molecular weight is 367 g/mol. The summed E-state index contributed by atoms with van der Waals surface area (Å²) in [5.74, 6) is 1.06. The predicted molar refractivity (Wildman–Crippen MR) is 103 cm³/mol. The molecule has 2 aromatic heterocycles. The molecule has 3 aromatic rings. The van der Waals surface area contributed by atoms with Gasteiger partial charge in [-0.05, 0) is 44.0 Å². The Morgan fingerprint density at radius 3 is 2.74 bits per heavy atom. The second kappa shape index (κ2) is 8.58. The number of rotatable bonds is 8. The maximum Gasteiger partial charge on any atom is 0.287 e. The highest BCUT2D eigenvalue weighted by molar-refractivity contribution is 5.92. The van der Waals surface area contributed by atoms with E-state index in [0.717, 1.165) is 29.2 Å². The summed E-state index contributed by atoms with van der Waals surface area (Å²) in [5, 5.41) is 7.40. The number of hydrogen-bond donors (Lipinski definition) is 1. The molecule has 0 radical (unpaired) electrons. The van der Waals surface area contributed by atoms with Gasteiger partial charge in [-0.2, -0.15) is 5.10 Å². The van der Waals surface area contributed by atoms with E-state index in [1.165, 1.54) is 6.26 Å². The van der Waals surface area contributed by atoms with E-state index >= 15 is 0 Å². The highest BCUT2D eigenvalue weighted by atomic mass is 16.5. The first-order chi connectivity index (χ1) is 13.0. The van der Waals surface area contributed by atoms with Crippen molar-refractivity contribution in [3.63, 3.8) is 0 Å². The number of carbonyl (C=O) groups is 1. The number of aryl methyl sites for hydroxylation is 2. The molecule has 0 aliphatic rings. The number of para-hydroxylation sites is 1. The fraction of sp³-hybridized carbons (Fsp3) is 0.333. The van der Waals surface area contributed by atoms with Crippen LogP contribution in [0, 0.1) is 19.8 Å². The van der Waals surface area contributed by atoms with Crippen molar-refractivity contribution < 1.29 is 13.9 Å². The van der Waals surface area contributed by atoms with E-state index in [0.29, 0.717) is 12.3 Å². The van der Waals surface area contributed by atoms with Crippen molar-refractivity contribution in [2.75, 3.05) is 6.54 Å². The molecule has 2 heterocycles. The molecule has 1 atom stereocenters. The molecule has 0 saturated heterocycles. The smallest absolute Gasteiger partial charge is 0.287 e. The Bertz CT molecular complexity index is 883. The molecule has 3 rings (SSSR count). The van der Waals surface area contributed by atoms with Crippen LogP contribution in [0.25, 0.3) is 0 Å². The summed E-state index contributed by atoms with van der Waals surface area (Å²) in [6.45, 7) is 7.67. The zero-order chi connectivity index (χ0) is 19.2. The molecule has 27 heavy (non-hydrogen) atoms. The molecule has 1 aromatic carbocycles. The van der Waals surface area contributed by atoms with Crippen molar-refractivity contribution in [3.8, 4) is 5.75 Å². The summed E-state index contributed by atoms with van der Waals surface area (Å²) < 4.78 is 13.1. The van der Waals surface area contributed by atoms with E-state index in [1.807, 2.05) is 54.9 Å². The van der Waals surface area contributed by atoms with Crippen LogP contribution >= 0.6 is 0 Å². The third-order valence-corrected chi connectivity index (χ3v) is 4.29. The topological polar surface area (TPSA) is 69.3 Å². The van der Waals surface area contributed by atoms with Crippen LogP contribution in [0.2, 0.25) is 0 Å². The van der Waals surface area contributed by atoms with E-state index in [9.17, 15) is 4.79 Å². The summed E-state index contributed by atoms with van der Waals surface area (Å²) in [6, 6.07) is 13.3. The molecule has 0 bridgehead atoms. The van der Waals surface area contributed by atoms with Crippen LogP contribution < -0.4 is 10.1 Å². The largest absolute Gasteiger partial charge is 0.489 e. The van der Waals surface area contributed by atoms with E-state index in [-0.39, 0.29) is 18.4 Å². The number of benzene rings is 1. The molecule has 6 heteroatoms.